The lowest BCUT2D eigenvalue weighted by molar-refractivity contribution is -1.92. The molecule has 7 heavy (non-hydrogen) atoms. The fourth-order valence-electron chi connectivity index (χ4n) is 0. The highest BCUT2D eigenvalue weighted by Crippen LogP contribution is 1.60. The quantitative estimate of drug-likeness (QED) is 0.359. The van der Waals surface area contributed by atoms with Gasteiger partial charge in [0.1, 0.15) is 0 Å². The van der Waals surface area contributed by atoms with Crippen molar-refractivity contribution >= 4 is 0 Å². The average Bonchev–Trinajstić information content (AvgIpc) is 0.722. The van der Waals surface area contributed by atoms with E-state index in [1.54, 1.807) is 0 Å². The summed E-state index contributed by atoms with van der Waals surface area (Å²) < 4.78 is 32.7. The summed E-state index contributed by atoms with van der Waals surface area (Å²) in [5.41, 5.74) is 0. The second-order valence-corrected chi connectivity index (χ2v) is 1.19. The monoisotopic (exact) mass is 153 g/mol. The van der Waals surface area contributed by atoms with E-state index in [0.29, 0.717) is 0 Å². The highest BCUT2D eigenvalue weighted by atomic mass is 35.7. The Balaban J connectivity index is -0.0000000800. The third-order valence-electron chi connectivity index (χ3n) is 0. The van der Waals surface area contributed by atoms with Gasteiger partial charge in [-0.15, -0.1) is 0 Å². The molecule has 0 unspecified atom stereocenters. The van der Waals surface area contributed by atoms with Gasteiger partial charge in [-0.2, -0.15) is 14.0 Å². The van der Waals surface area contributed by atoms with Gasteiger partial charge in [0.05, 0.1) is 14.9 Å². The lowest BCUT2D eigenvalue weighted by atomic mass is 14.0. The molecule has 0 aliphatic heterocycles. The molecule has 0 fully saturated rings. The molecule has 0 aromatic heterocycles. The van der Waals surface area contributed by atoms with Gasteiger partial charge in [0, 0.05) is 0 Å². The topological polar surface area (TPSA) is 126 Å². The summed E-state index contributed by atoms with van der Waals surface area (Å²) in [6, 6.07) is 0. The van der Waals surface area contributed by atoms with Crippen LogP contribution in [0.4, 0.5) is 0 Å². The van der Waals surface area contributed by atoms with Crippen molar-refractivity contribution < 1.29 is 41.3 Å². The lowest BCUT2D eigenvalue weighted by Gasteiger charge is -2.03. The highest BCUT2D eigenvalue weighted by molar-refractivity contribution is 2.15. The minimum Gasteiger partial charge on any atom is -1.00 e. The van der Waals surface area contributed by atoms with Crippen LogP contribution in [-0.4, -0.2) is 4.66 Å². The van der Waals surface area contributed by atoms with Crippen molar-refractivity contribution in [3.63, 3.8) is 0 Å². The number of halogens is 2. The molecule has 0 spiro atoms. The first kappa shape index (κ1) is 15.7. The van der Waals surface area contributed by atoms with Crippen molar-refractivity contribution in [3.8, 4) is 0 Å². The van der Waals surface area contributed by atoms with E-state index < -0.39 is 10.2 Å². The zero-order valence-electron chi connectivity index (χ0n) is 3.43. The van der Waals surface area contributed by atoms with E-state index in [-0.39, 0.29) is 18.6 Å². The summed E-state index contributed by atoms with van der Waals surface area (Å²) in [6.07, 6.45) is 0. The van der Waals surface area contributed by atoms with Gasteiger partial charge in [-0.3, -0.25) is 0 Å². The van der Waals surface area contributed by atoms with Crippen molar-refractivity contribution in [3.05, 3.63) is 0 Å². The van der Waals surface area contributed by atoms with Crippen LogP contribution < -0.4 is 32.5 Å². The smallest absolute Gasteiger partial charge is 0.0777 e. The summed E-state index contributed by atoms with van der Waals surface area (Å²) in [4.78, 5) is 0. The van der Waals surface area contributed by atoms with Crippen LogP contribution in [-0.2, 0) is 0 Å². The maximum absolute atomic E-state index is 8.60. The van der Waals surface area contributed by atoms with Gasteiger partial charge in [0.25, 0.3) is 0 Å². The third kappa shape index (κ3) is 848. The molecule has 0 rings (SSSR count). The second-order valence-electron chi connectivity index (χ2n) is 0.396. The fourth-order valence-corrected chi connectivity index (χ4v) is 0. The summed E-state index contributed by atoms with van der Waals surface area (Å²) in [7, 11) is -4.69. The van der Waals surface area contributed by atoms with Crippen LogP contribution in [0.2, 0.25) is 0 Å². The van der Waals surface area contributed by atoms with E-state index in [2.05, 4.69) is 0 Å². The molecule has 0 aliphatic carbocycles. The molecule has 5 nitrogen and oxygen atoms in total. The molecule has 0 aliphatic rings. The SMILES string of the molecule is [Cl-].[NH4+].[O-][Cl+3]([O-])([O-])O. The number of hydrogen-bond donors (Lipinski definition) is 2. The van der Waals surface area contributed by atoms with Gasteiger partial charge >= 0.3 is 0 Å². The number of quaternary nitrogens is 1. The van der Waals surface area contributed by atoms with Crippen LogP contribution in [0.25, 0.3) is 0 Å². The first-order valence-electron chi connectivity index (χ1n) is 0.632. The van der Waals surface area contributed by atoms with E-state index in [1.165, 1.54) is 0 Å². The van der Waals surface area contributed by atoms with E-state index in [4.69, 9.17) is 18.6 Å². The van der Waals surface area contributed by atoms with Crippen LogP contribution >= 0.6 is 0 Å². The summed E-state index contributed by atoms with van der Waals surface area (Å²) >= 11 is 0. The Bertz CT molecular complexity index is 25.2. The lowest BCUT2D eigenvalue weighted by Crippen LogP contribution is -3.00. The van der Waals surface area contributed by atoms with Crippen molar-refractivity contribution in [2.75, 3.05) is 0 Å². The van der Waals surface area contributed by atoms with Crippen molar-refractivity contribution in [2.45, 2.75) is 0 Å². The fraction of sp³-hybridized carbons (Fsp3) is 0. The molecule has 0 saturated carbocycles. The van der Waals surface area contributed by atoms with Gasteiger partial charge in [-0.1, -0.05) is 0 Å². The molecular formula is H5Cl2NO4. The molecule has 48 valence electrons. The summed E-state index contributed by atoms with van der Waals surface area (Å²) in [5.74, 6) is 0. The Morgan fingerprint density at radius 2 is 1.14 bits per heavy atom. The maximum Gasteiger partial charge on any atom is 0.0777 e. The Morgan fingerprint density at radius 1 is 1.14 bits per heavy atom. The predicted molar refractivity (Wildman–Crippen MR) is 8.20 cm³/mol. The van der Waals surface area contributed by atoms with Crippen LogP contribution in [0, 0.1) is 10.2 Å². The molecular weight excluding hydrogens is 149 g/mol. The Hall–Kier alpha value is 0.380. The second kappa shape index (κ2) is 4.54. The summed E-state index contributed by atoms with van der Waals surface area (Å²) in [6.45, 7) is 0. The van der Waals surface area contributed by atoms with Crippen molar-refractivity contribution in [2.24, 2.45) is 0 Å². The van der Waals surface area contributed by atoms with Gasteiger partial charge in [-0.05, 0) is 0 Å². The molecule has 5 N–H and O–H groups in total. The first-order valence-corrected chi connectivity index (χ1v) is 1.90. The number of rotatable bonds is 0. The zero-order chi connectivity index (χ0) is 4.50. The molecule has 0 heterocycles. The van der Waals surface area contributed by atoms with Gasteiger partial charge in [0.15, 0.2) is 0 Å². The average molecular weight is 154 g/mol. The van der Waals surface area contributed by atoms with Crippen molar-refractivity contribution in [1.29, 1.82) is 0 Å². The highest BCUT2D eigenvalue weighted by Gasteiger charge is 1.98. The van der Waals surface area contributed by atoms with Crippen LogP contribution in [0.15, 0.2) is 0 Å². The molecule has 0 atom stereocenters. The van der Waals surface area contributed by atoms with E-state index >= 15 is 0 Å². The van der Waals surface area contributed by atoms with Crippen molar-refractivity contribution in [1.82, 2.24) is 6.15 Å². The minimum absolute atomic E-state index is 0. The largest absolute Gasteiger partial charge is 1.00 e. The van der Waals surface area contributed by atoms with E-state index in [9.17, 15) is 0 Å². The maximum atomic E-state index is 8.60. The molecule has 0 bridgehead atoms. The molecule has 7 heteroatoms. The van der Waals surface area contributed by atoms with E-state index in [1.807, 2.05) is 0 Å². The third-order valence-corrected chi connectivity index (χ3v) is 0. The minimum atomic E-state index is -4.69. The zero-order valence-corrected chi connectivity index (χ0v) is 4.94. The Morgan fingerprint density at radius 3 is 1.14 bits per heavy atom. The molecule has 0 aromatic rings. The molecule has 0 radical (unpaired) electrons. The van der Waals surface area contributed by atoms with Gasteiger partial charge in [-0.25, -0.2) is 0 Å². The molecule has 0 saturated heterocycles. The van der Waals surface area contributed by atoms with Gasteiger partial charge < -0.3 is 18.6 Å². The summed E-state index contributed by atoms with van der Waals surface area (Å²) in [5, 5.41) is 0. The Kier molecular flexibility index (Phi) is 10.1. The van der Waals surface area contributed by atoms with Crippen LogP contribution in [0.1, 0.15) is 0 Å². The van der Waals surface area contributed by atoms with Crippen LogP contribution in [0.5, 0.6) is 0 Å². The standard InChI is InChI=1S/ClHO4.ClH.H3N/c2-1(3,4)5;;/h(H,2,3,4,5);1H;1H3. The predicted octanol–water partition coefficient (Wildman–Crippen LogP) is -6.74. The number of hydrogen-bond acceptors (Lipinski definition) is 4. The Labute approximate surface area is 48.3 Å². The molecule has 0 aromatic carbocycles. The van der Waals surface area contributed by atoms with Gasteiger partial charge in [0.2, 0.25) is 0 Å². The normalized spacial score (nSPS) is 8.57. The molecule has 0 amide bonds. The first-order chi connectivity index (χ1) is 2.00. The van der Waals surface area contributed by atoms with Crippen LogP contribution in [0.3, 0.4) is 0 Å². The van der Waals surface area contributed by atoms with E-state index in [0.717, 1.165) is 0 Å².